The van der Waals surface area contributed by atoms with E-state index in [4.69, 9.17) is 0 Å². The molecule has 0 bridgehead atoms. The summed E-state index contributed by atoms with van der Waals surface area (Å²) in [6.45, 7) is 5.31. The van der Waals surface area contributed by atoms with Crippen LogP contribution in [0.4, 0.5) is 19.0 Å². The van der Waals surface area contributed by atoms with Gasteiger partial charge in [0.1, 0.15) is 12.4 Å². The van der Waals surface area contributed by atoms with Crippen molar-refractivity contribution >= 4 is 5.82 Å². The van der Waals surface area contributed by atoms with Crippen LogP contribution in [-0.4, -0.2) is 35.6 Å². The van der Waals surface area contributed by atoms with E-state index in [-0.39, 0.29) is 6.04 Å². The molecular weight excluding hydrogens is 257 g/mol. The van der Waals surface area contributed by atoms with E-state index in [0.717, 1.165) is 11.3 Å². The summed E-state index contributed by atoms with van der Waals surface area (Å²) in [5.74, 6) is 0.503. The van der Waals surface area contributed by atoms with Gasteiger partial charge in [-0.25, -0.2) is 0 Å². The summed E-state index contributed by atoms with van der Waals surface area (Å²) >= 11 is 0. The van der Waals surface area contributed by atoms with Crippen LogP contribution in [0, 0.1) is 6.92 Å². The Labute approximate surface area is 111 Å². The number of aryl methyl sites for hydroxylation is 2. The fourth-order valence-corrected chi connectivity index (χ4v) is 2.02. The topological polar surface area (TPSA) is 33.1 Å². The number of halogens is 3. The average molecular weight is 278 g/mol. The summed E-state index contributed by atoms with van der Waals surface area (Å²) in [6.07, 6.45) is -4.23. The maximum atomic E-state index is 12.5. The number of nitrogens with one attached hydrogen (secondary N) is 1. The quantitative estimate of drug-likeness (QED) is 0.896. The fourth-order valence-electron chi connectivity index (χ4n) is 2.02. The number of hydrogen-bond donors (Lipinski definition) is 1. The molecule has 0 atom stereocenters. The highest BCUT2D eigenvalue weighted by molar-refractivity contribution is 5.49. The van der Waals surface area contributed by atoms with E-state index in [1.807, 2.05) is 20.8 Å². The van der Waals surface area contributed by atoms with Crippen LogP contribution in [0.3, 0.4) is 0 Å². The summed E-state index contributed by atoms with van der Waals surface area (Å²) in [5, 5.41) is 7.42. The first-order chi connectivity index (χ1) is 8.61. The smallest absolute Gasteiger partial charge is 0.351 e. The van der Waals surface area contributed by atoms with Crippen LogP contribution in [-0.2, 0) is 13.6 Å². The predicted molar refractivity (Wildman–Crippen MR) is 69.2 cm³/mol. The molecule has 110 valence electrons. The van der Waals surface area contributed by atoms with Crippen LogP contribution in [0.5, 0.6) is 0 Å². The van der Waals surface area contributed by atoms with Gasteiger partial charge in [-0.15, -0.1) is 0 Å². The summed E-state index contributed by atoms with van der Waals surface area (Å²) in [7, 11) is 3.09. The summed E-state index contributed by atoms with van der Waals surface area (Å²) in [5.41, 5.74) is 1.56. The van der Waals surface area contributed by atoms with Gasteiger partial charge in [-0.05, 0) is 6.92 Å². The van der Waals surface area contributed by atoms with Gasteiger partial charge >= 0.3 is 6.18 Å². The molecule has 0 aliphatic carbocycles. The van der Waals surface area contributed by atoms with E-state index in [0.29, 0.717) is 12.4 Å². The van der Waals surface area contributed by atoms with E-state index in [9.17, 15) is 13.2 Å². The van der Waals surface area contributed by atoms with Gasteiger partial charge in [-0.1, -0.05) is 13.8 Å². The molecule has 1 rings (SSSR count). The minimum absolute atomic E-state index is 0.264. The van der Waals surface area contributed by atoms with Crippen molar-refractivity contribution in [1.29, 1.82) is 0 Å². The highest BCUT2D eigenvalue weighted by atomic mass is 19.4. The Balaban J connectivity index is 2.98. The normalized spacial score (nSPS) is 12.3. The van der Waals surface area contributed by atoms with E-state index in [2.05, 4.69) is 10.4 Å². The number of aromatic nitrogens is 2. The van der Waals surface area contributed by atoms with Gasteiger partial charge in [-0.2, -0.15) is 18.3 Å². The zero-order valence-corrected chi connectivity index (χ0v) is 12.0. The molecule has 0 saturated carbocycles. The Bertz CT molecular complexity index is 423. The van der Waals surface area contributed by atoms with Crippen molar-refractivity contribution in [1.82, 2.24) is 15.1 Å². The molecule has 1 aromatic heterocycles. The fraction of sp³-hybridized carbons (Fsp3) is 0.750. The standard InChI is InChI=1S/C12H21F3N4/c1-8(2)16-6-10-9(3)17-19(5)11(10)18(4)7-12(13,14)15/h8,16H,6-7H2,1-5H3. The van der Waals surface area contributed by atoms with Crippen molar-refractivity contribution in [3.8, 4) is 0 Å². The molecule has 0 aromatic carbocycles. The van der Waals surface area contributed by atoms with Crippen LogP contribution in [0.15, 0.2) is 0 Å². The number of hydrogen-bond acceptors (Lipinski definition) is 3. The molecular formula is C12H21F3N4. The Hall–Kier alpha value is -1.24. The van der Waals surface area contributed by atoms with Crippen LogP contribution in [0.1, 0.15) is 25.1 Å². The highest BCUT2D eigenvalue weighted by Crippen LogP contribution is 2.25. The summed E-state index contributed by atoms with van der Waals surface area (Å²) in [6, 6.07) is 0.264. The first-order valence-corrected chi connectivity index (χ1v) is 6.15. The van der Waals surface area contributed by atoms with Crippen LogP contribution < -0.4 is 10.2 Å². The third-order valence-corrected chi connectivity index (χ3v) is 2.78. The molecule has 0 amide bonds. The number of rotatable bonds is 5. The summed E-state index contributed by atoms with van der Waals surface area (Å²) < 4.78 is 39.0. The Kier molecular flexibility index (Phi) is 4.84. The maximum absolute atomic E-state index is 12.5. The van der Waals surface area contributed by atoms with E-state index in [1.54, 1.807) is 7.05 Å². The largest absolute Gasteiger partial charge is 0.405 e. The molecule has 0 fully saturated rings. The third-order valence-electron chi connectivity index (χ3n) is 2.78. The molecule has 0 saturated heterocycles. The van der Waals surface area contributed by atoms with Gasteiger partial charge in [0.05, 0.1) is 5.69 Å². The van der Waals surface area contributed by atoms with Gasteiger partial charge in [0.25, 0.3) is 0 Å². The van der Waals surface area contributed by atoms with Gasteiger partial charge in [-0.3, -0.25) is 4.68 Å². The Morgan fingerprint density at radius 1 is 1.37 bits per heavy atom. The van der Waals surface area contributed by atoms with Crippen molar-refractivity contribution in [2.24, 2.45) is 7.05 Å². The van der Waals surface area contributed by atoms with Gasteiger partial charge in [0.15, 0.2) is 0 Å². The van der Waals surface area contributed by atoms with Crippen LogP contribution >= 0.6 is 0 Å². The second-order valence-electron chi connectivity index (χ2n) is 5.02. The van der Waals surface area contributed by atoms with Crippen molar-refractivity contribution in [2.75, 3.05) is 18.5 Å². The lowest BCUT2D eigenvalue weighted by molar-refractivity contribution is -0.119. The average Bonchev–Trinajstić information content (AvgIpc) is 2.47. The zero-order valence-electron chi connectivity index (χ0n) is 12.0. The molecule has 0 radical (unpaired) electrons. The van der Waals surface area contributed by atoms with Crippen molar-refractivity contribution < 1.29 is 13.2 Å². The number of anilines is 1. The van der Waals surface area contributed by atoms with E-state index in [1.165, 1.54) is 16.6 Å². The number of nitrogens with zero attached hydrogens (tertiary/aromatic N) is 3. The molecule has 0 spiro atoms. The lowest BCUT2D eigenvalue weighted by Crippen LogP contribution is -2.33. The molecule has 1 aromatic rings. The SMILES string of the molecule is Cc1nn(C)c(N(C)CC(F)(F)F)c1CNC(C)C. The predicted octanol–water partition coefficient (Wildman–Crippen LogP) is 2.23. The molecule has 1 N–H and O–H groups in total. The lowest BCUT2D eigenvalue weighted by Gasteiger charge is -2.22. The first-order valence-electron chi connectivity index (χ1n) is 6.15. The minimum Gasteiger partial charge on any atom is -0.351 e. The molecule has 0 unspecified atom stereocenters. The monoisotopic (exact) mass is 278 g/mol. The molecule has 0 aliphatic heterocycles. The second-order valence-corrected chi connectivity index (χ2v) is 5.02. The van der Waals surface area contributed by atoms with Gasteiger partial charge < -0.3 is 10.2 Å². The van der Waals surface area contributed by atoms with Crippen molar-refractivity contribution in [2.45, 2.75) is 39.5 Å². The Morgan fingerprint density at radius 3 is 2.42 bits per heavy atom. The van der Waals surface area contributed by atoms with Crippen molar-refractivity contribution in [3.05, 3.63) is 11.3 Å². The van der Waals surface area contributed by atoms with Crippen molar-refractivity contribution in [3.63, 3.8) is 0 Å². The summed E-state index contributed by atoms with van der Waals surface area (Å²) in [4.78, 5) is 1.19. The molecule has 19 heavy (non-hydrogen) atoms. The molecule has 1 heterocycles. The number of alkyl halides is 3. The van der Waals surface area contributed by atoms with Crippen LogP contribution in [0.25, 0.3) is 0 Å². The van der Waals surface area contributed by atoms with Gasteiger partial charge in [0.2, 0.25) is 0 Å². The second kappa shape index (κ2) is 5.81. The highest BCUT2D eigenvalue weighted by Gasteiger charge is 2.31. The van der Waals surface area contributed by atoms with E-state index >= 15 is 0 Å². The minimum atomic E-state index is -4.23. The molecule has 0 aliphatic rings. The first kappa shape index (κ1) is 15.8. The molecule has 7 heteroatoms. The van der Waals surface area contributed by atoms with E-state index < -0.39 is 12.7 Å². The zero-order chi connectivity index (χ0) is 14.8. The molecule has 4 nitrogen and oxygen atoms in total. The maximum Gasteiger partial charge on any atom is 0.405 e. The third kappa shape index (κ3) is 4.41. The Morgan fingerprint density at radius 2 is 1.95 bits per heavy atom. The van der Waals surface area contributed by atoms with Gasteiger partial charge in [0, 0.05) is 32.2 Å². The van der Waals surface area contributed by atoms with Crippen LogP contribution in [0.2, 0.25) is 0 Å². The lowest BCUT2D eigenvalue weighted by atomic mass is 10.2.